The highest BCUT2D eigenvalue weighted by Gasteiger charge is 2.33. The quantitative estimate of drug-likeness (QED) is 0.354. The standard InChI is InChI=1S/C9H15NO.3BH3/c11-6-3-9-7-10-4-1-8(9)2-5-10;;;/h6,8-9H,1-5,7H2;3*1H3/t9-;;;/m1.../s1. The van der Waals surface area contributed by atoms with Gasteiger partial charge in [-0.25, -0.2) is 0 Å². The van der Waals surface area contributed by atoms with Crippen molar-refractivity contribution in [1.82, 2.24) is 4.90 Å². The highest BCUT2D eigenvalue weighted by atomic mass is 16.1. The molecule has 0 aromatic rings. The van der Waals surface area contributed by atoms with Crippen LogP contribution >= 0.6 is 0 Å². The monoisotopic (exact) mass is 195 g/mol. The Bertz CT molecular complexity index is 160. The number of nitrogens with zero attached hydrogens (tertiary/aromatic N) is 1. The molecule has 2 nitrogen and oxygen atoms in total. The molecule has 80 valence electrons. The Morgan fingerprint density at radius 3 is 2.07 bits per heavy atom. The van der Waals surface area contributed by atoms with Gasteiger partial charge in [0.05, 0.1) is 25.2 Å². The fraction of sp³-hybridized carbons (Fsp3) is 0.889. The molecule has 3 aliphatic heterocycles. The molecule has 3 fully saturated rings. The average Bonchev–Trinajstić information content (AvgIpc) is 2.07. The number of piperidine rings is 3. The fourth-order valence-corrected chi connectivity index (χ4v) is 2.48. The van der Waals surface area contributed by atoms with Crippen LogP contribution in [-0.2, 0) is 4.79 Å². The molecule has 3 saturated heterocycles. The second kappa shape index (κ2) is 7.16. The van der Waals surface area contributed by atoms with Crippen LogP contribution in [0.4, 0.5) is 0 Å². The number of aldehydes is 1. The van der Waals surface area contributed by atoms with E-state index >= 15 is 0 Å². The first-order valence-corrected chi connectivity index (χ1v) is 4.56. The molecular formula is C9H24B3NO. The summed E-state index contributed by atoms with van der Waals surface area (Å²) in [6, 6.07) is 0. The topological polar surface area (TPSA) is 20.3 Å². The first-order valence-electron chi connectivity index (χ1n) is 4.56. The Kier molecular flexibility index (Phi) is 8.32. The lowest BCUT2D eigenvalue weighted by atomic mass is 9.78. The Labute approximate surface area is 92.5 Å². The number of rotatable bonds is 2. The molecule has 0 saturated carbocycles. The van der Waals surface area contributed by atoms with Gasteiger partial charge in [-0.3, -0.25) is 0 Å². The predicted molar refractivity (Wildman–Crippen MR) is 73.2 cm³/mol. The van der Waals surface area contributed by atoms with Crippen molar-refractivity contribution < 1.29 is 4.79 Å². The van der Waals surface area contributed by atoms with Crippen molar-refractivity contribution in [2.75, 3.05) is 19.6 Å². The molecule has 3 rings (SSSR count). The molecule has 0 radical (unpaired) electrons. The number of fused-ring (bicyclic) bond motifs is 3. The molecule has 14 heavy (non-hydrogen) atoms. The maximum atomic E-state index is 10.3. The molecular weight excluding hydrogens is 171 g/mol. The van der Waals surface area contributed by atoms with E-state index in [-0.39, 0.29) is 25.2 Å². The van der Waals surface area contributed by atoms with E-state index in [4.69, 9.17) is 0 Å². The van der Waals surface area contributed by atoms with Crippen LogP contribution in [0.15, 0.2) is 0 Å². The highest BCUT2D eigenvalue weighted by molar-refractivity contribution is 5.76. The number of hydrogen-bond donors (Lipinski definition) is 0. The largest absolute Gasteiger partial charge is 0.303 e. The third kappa shape index (κ3) is 3.20. The lowest BCUT2D eigenvalue weighted by Gasteiger charge is -2.44. The number of carbonyl (C=O) groups excluding carboxylic acids is 1. The third-order valence-electron chi connectivity index (χ3n) is 3.19. The SMILES string of the molecule is B.B.B.O=CC[C@@H]1CN2CCC1CC2. The van der Waals surface area contributed by atoms with E-state index < -0.39 is 0 Å². The van der Waals surface area contributed by atoms with Gasteiger partial charge in [0.1, 0.15) is 6.29 Å². The molecule has 0 unspecified atom stereocenters. The van der Waals surface area contributed by atoms with Crippen LogP contribution < -0.4 is 0 Å². The van der Waals surface area contributed by atoms with E-state index in [2.05, 4.69) is 4.90 Å². The number of carbonyl (C=O) groups is 1. The molecule has 3 heterocycles. The Hall–Kier alpha value is -0.175. The van der Waals surface area contributed by atoms with Crippen molar-refractivity contribution >= 4 is 31.5 Å². The zero-order valence-electron chi connectivity index (χ0n) is 6.83. The van der Waals surface area contributed by atoms with Crippen molar-refractivity contribution in [3.05, 3.63) is 0 Å². The van der Waals surface area contributed by atoms with Crippen LogP contribution in [0.1, 0.15) is 19.3 Å². The minimum absolute atomic E-state index is 0. The van der Waals surface area contributed by atoms with Gasteiger partial charge in [-0.15, -0.1) is 0 Å². The second-order valence-corrected chi connectivity index (χ2v) is 3.80. The summed E-state index contributed by atoms with van der Waals surface area (Å²) in [5.41, 5.74) is 0. The summed E-state index contributed by atoms with van der Waals surface area (Å²) in [6.45, 7) is 3.74. The molecule has 1 atom stereocenters. The minimum atomic E-state index is 0. The van der Waals surface area contributed by atoms with Crippen molar-refractivity contribution in [2.45, 2.75) is 19.3 Å². The van der Waals surface area contributed by atoms with Gasteiger partial charge < -0.3 is 9.69 Å². The van der Waals surface area contributed by atoms with E-state index in [1.165, 1.54) is 32.5 Å². The molecule has 3 aliphatic rings. The minimum Gasteiger partial charge on any atom is -0.303 e. The lowest BCUT2D eigenvalue weighted by molar-refractivity contribution is -0.110. The van der Waals surface area contributed by atoms with Gasteiger partial charge in [0.25, 0.3) is 0 Å². The van der Waals surface area contributed by atoms with Crippen LogP contribution in [0.25, 0.3) is 0 Å². The smallest absolute Gasteiger partial charge is 0.120 e. The summed E-state index contributed by atoms with van der Waals surface area (Å²) >= 11 is 0. The van der Waals surface area contributed by atoms with Crippen molar-refractivity contribution in [1.29, 1.82) is 0 Å². The van der Waals surface area contributed by atoms with E-state index in [9.17, 15) is 4.79 Å². The van der Waals surface area contributed by atoms with Gasteiger partial charge in [0.2, 0.25) is 0 Å². The fourth-order valence-electron chi connectivity index (χ4n) is 2.48. The van der Waals surface area contributed by atoms with Gasteiger partial charge in [-0.05, 0) is 37.8 Å². The van der Waals surface area contributed by atoms with Gasteiger partial charge >= 0.3 is 0 Å². The lowest BCUT2D eigenvalue weighted by Crippen LogP contribution is -2.47. The molecule has 2 bridgehead atoms. The van der Waals surface area contributed by atoms with Gasteiger partial charge in [-0.2, -0.15) is 0 Å². The Morgan fingerprint density at radius 1 is 1.14 bits per heavy atom. The van der Waals surface area contributed by atoms with Crippen LogP contribution in [0, 0.1) is 11.8 Å². The van der Waals surface area contributed by atoms with E-state index in [0.717, 1.165) is 18.6 Å². The summed E-state index contributed by atoms with van der Waals surface area (Å²) in [7, 11) is 0. The van der Waals surface area contributed by atoms with Gasteiger partial charge in [0, 0.05) is 13.0 Å². The molecule has 0 aromatic carbocycles. The van der Waals surface area contributed by atoms with Crippen molar-refractivity contribution in [2.24, 2.45) is 11.8 Å². The first kappa shape index (κ1) is 16.3. The van der Waals surface area contributed by atoms with E-state index in [1.807, 2.05) is 0 Å². The highest BCUT2D eigenvalue weighted by Crippen LogP contribution is 2.33. The maximum absolute atomic E-state index is 10.3. The summed E-state index contributed by atoms with van der Waals surface area (Å²) in [6.07, 6.45) is 4.55. The Balaban J connectivity index is 0. The number of hydrogen-bond acceptors (Lipinski definition) is 2. The average molecular weight is 195 g/mol. The molecule has 0 spiro atoms. The molecule has 0 N–H and O–H groups in total. The molecule has 0 aromatic heterocycles. The molecule has 0 aliphatic carbocycles. The first-order chi connectivity index (χ1) is 5.40. The summed E-state index contributed by atoms with van der Waals surface area (Å²) in [4.78, 5) is 12.8. The van der Waals surface area contributed by atoms with Crippen LogP contribution in [0.3, 0.4) is 0 Å². The van der Waals surface area contributed by atoms with E-state index in [0.29, 0.717) is 5.92 Å². The van der Waals surface area contributed by atoms with Crippen LogP contribution in [0.5, 0.6) is 0 Å². The zero-order valence-corrected chi connectivity index (χ0v) is 6.83. The Morgan fingerprint density at radius 2 is 1.71 bits per heavy atom. The summed E-state index contributed by atoms with van der Waals surface area (Å²) in [5, 5.41) is 0. The summed E-state index contributed by atoms with van der Waals surface area (Å²) in [5.74, 6) is 1.56. The summed E-state index contributed by atoms with van der Waals surface area (Å²) < 4.78 is 0. The van der Waals surface area contributed by atoms with E-state index in [1.54, 1.807) is 0 Å². The zero-order chi connectivity index (χ0) is 7.68. The molecule has 5 heteroatoms. The van der Waals surface area contributed by atoms with Gasteiger partial charge in [0.15, 0.2) is 0 Å². The van der Waals surface area contributed by atoms with Crippen LogP contribution in [0.2, 0.25) is 0 Å². The van der Waals surface area contributed by atoms with Crippen molar-refractivity contribution in [3.63, 3.8) is 0 Å². The van der Waals surface area contributed by atoms with Crippen molar-refractivity contribution in [3.8, 4) is 0 Å². The normalized spacial score (nSPS) is 33.3. The molecule has 0 amide bonds. The third-order valence-corrected chi connectivity index (χ3v) is 3.19. The van der Waals surface area contributed by atoms with Crippen LogP contribution in [-0.4, -0.2) is 56.1 Å². The second-order valence-electron chi connectivity index (χ2n) is 3.80. The van der Waals surface area contributed by atoms with Gasteiger partial charge in [-0.1, -0.05) is 0 Å². The predicted octanol–water partition coefficient (Wildman–Crippen LogP) is -2.63. The maximum Gasteiger partial charge on any atom is 0.120 e.